The summed E-state index contributed by atoms with van der Waals surface area (Å²) in [6.45, 7) is 13.8. The number of piperazine rings is 2. The Morgan fingerprint density at radius 3 is 1.33 bits per heavy atom. The summed E-state index contributed by atoms with van der Waals surface area (Å²) in [5.74, 6) is 0. The van der Waals surface area contributed by atoms with E-state index in [0.29, 0.717) is 0 Å². The lowest BCUT2D eigenvalue weighted by Gasteiger charge is -2.38. The van der Waals surface area contributed by atoms with Gasteiger partial charge in [-0.15, -0.1) is 0 Å². The topological polar surface area (TPSA) is 6.48 Å². The second-order valence-corrected chi connectivity index (χ2v) is 7.50. The highest BCUT2D eigenvalue weighted by molar-refractivity contribution is 4.59. The van der Waals surface area contributed by atoms with Gasteiger partial charge in [-0.1, -0.05) is 21.8 Å². The summed E-state index contributed by atoms with van der Waals surface area (Å²) >= 11 is 0. The molecule has 2 rings (SSSR count). The molecule has 2 heterocycles. The van der Waals surface area contributed by atoms with E-state index in [1.165, 1.54) is 67.9 Å². The largest absolute Gasteiger partial charge is 0.326 e. The second kappa shape index (κ2) is 9.78. The lowest BCUT2D eigenvalue weighted by atomic mass is 10.3. The Bertz CT molecular complexity index is 244. The fraction of sp³-hybridized carbons (Fsp3) is 1.00. The van der Waals surface area contributed by atoms with Crippen molar-refractivity contribution in [3.8, 4) is 0 Å². The first-order valence-corrected chi connectivity index (χ1v) is 7.79. The maximum atomic E-state index is 2.52. The Labute approximate surface area is 135 Å². The Morgan fingerprint density at radius 2 is 1.05 bits per heavy atom. The summed E-state index contributed by atoms with van der Waals surface area (Å²) in [5.41, 5.74) is 0. The molecular weight excluding hydrogens is 260 g/mol. The molecule has 2 aliphatic rings. The Balaban J connectivity index is 0. The van der Waals surface area contributed by atoms with Gasteiger partial charge in [0.25, 0.3) is 0 Å². The zero-order valence-corrected chi connectivity index (χ0v) is 14.2. The maximum absolute atomic E-state index is 2.52. The number of hydrogen-bond acceptors (Lipinski definition) is 2. The Morgan fingerprint density at radius 1 is 0.714 bits per heavy atom. The second-order valence-electron chi connectivity index (χ2n) is 7.50. The van der Waals surface area contributed by atoms with Crippen molar-refractivity contribution in [2.24, 2.45) is 0 Å². The summed E-state index contributed by atoms with van der Waals surface area (Å²) in [6.07, 6.45) is 0. The van der Waals surface area contributed by atoms with Gasteiger partial charge in [-0.3, -0.25) is 9.80 Å². The van der Waals surface area contributed by atoms with E-state index >= 15 is 0 Å². The molecule has 0 aromatic carbocycles. The molecule has 0 aromatic heterocycles. The van der Waals surface area contributed by atoms with Crippen LogP contribution in [0.4, 0.5) is 0 Å². The van der Waals surface area contributed by atoms with Crippen LogP contribution in [-0.4, -0.2) is 113 Å². The summed E-state index contributed by atoms with van der Waals surface area (Å²) in [4.78, 5) is 4.91. The molecule has 0 atom stereocenters. The average molecular weight is 305 g/mol. The van der Waals surface area contributed by atoms with Gasteiger partial charge in [0.15, 0.2) is 0 Å². The first-order chi connectivity index (χ1) is 8.74. The third-order valence-corrected chi connectivity index (χ3v) is 4.66. The molecule has 0 bridgehead atoms. The van der Waals surface area contributed by atoms with Crippen LogP contribution in [0.3, 0.4) is 0 Å². The zero-order valence-electron chi connectivity index (χ0n) is 14.2. The van der Waals surface area contributed by atoms with Crippen molar-refractivity contribution in [3.05, 3.63) is 0 Å². The van der Waals surface area contributed by atoms with E-state index in [1.54, 1.807) is 0 Å². The van der Waals surface area contributed by atoms with Crippen molar-refractivity contribution in [3.63, 3.8) is 0 Å². The van der Waals surface area contributed by atoms with Crippen LogP contribution in [0.5, 0.6) is 0 Å². The van der Waals surface area contributed by atoms with E-state index in [0.717, 1.165) is 0 Å². The predicted octanol–water partition coefficient (Wildman–Crippen LogP) is 1.68. The van der Waals surface area contributed by atoms with Crippen molar-refractivity contribution >= 4 is 0 Å². The van der Waals surface area contributed by atoms with Gasteiger partial charge in [0.2, 0.25) is 0 Å². The average Bonchev–Trinajstić information content (AvgIpc) is 2.34. The first kappa shape index (κ1) is 23.1. The van der Waals surface area contributed by atoms with Crippen molar-refractivity contribution in [2.75, 3.05) is 94.1 Å². The van der Waals surface area contributed by atoms with E-state index in [1.807, 2.05) is 0 Å². The van der Waals surface area contributed by atoms with Crippen LogP contribution in [0.2, 0.25) is 0 Å². The molecule has 4 nitrogen and oxygen atoms in total. The Kier molecular flexibility index (Phi) is 10.8. The maximum Gasteiger partial charge on any atom is 0.0912 e. The van der Waals surface area contributed by atoms with Gasteiger partial charge in [0.1, 0.15) is 0 Å². The van der Waals surface area contributed by atoms with Crippen LogP contribution in [0.15, 0.2) is 0 Å². The van der Waals surface area contributed by atoms with Gasteiger partial charge in [-0.25, -0.2) is 0 Å². The quantitative estimate of drug-likeness (QED) is 0.680. The van der Waals surface area contributed by atoms with Crippen LogP contribution in [0.1, 0.15) is 21.8 Å². The molecule has 0 aromatic rings. The first-order valence-electron chi connectivity index (χ1n) is 7.79. The normalized spacial score (nSPS) is 24.9. The molecule has 2 fully saturated rings. The van der Waals surface area contributed by atoms with Crippen LogP contribution < -0.4 is 0 Å². The van der Waals surface area contributed by atoms with Crippen LogP contribution in [0.25, 0.3) is 0 Å². The molecule has 0 saturated carbocycles. The lowest BCUT2D eigenvalue weighted by molar-refractivity contribution is -0.894. The minimum Gasteiger partial charge on any atom is -0.326 e. The number of hydrogen-bond donors (Lipinski definition) is 0. The smallest absolute Gasteiger partial charge is 0.0912 e. The summed E-state index contributed by atoms with van der Waals surface area (Å²) < 4.78 is 2.40. The van der Waals surface area contributed by atoms with Crippen LogP contribution in [-0.2, 0) is 0 Å². The van der Waals surface area contributed by atoms with Crippen LogP contribution in [0, 0.1) is 0 Å². The molecule has 0 unspecified atom stereocenters. The fourth-order valence-electron chi connectivity index (χ4n) is 2.47. The highest BCUT2D eigenvalue weighted by Gasteiger charge is 2.22. The molecule has 4 heteroatoms. The number of quaternary nitrogens is 2. The molecule has 0 N–H and O–H groups in total. The van der Waals surface area contributed by atoms with Gasteiger partial charge in [-0.2, -0.15) is 0 Å². The lowest BCUT2D eigenvalue weighted by Crippen LogP contribution is -2.54. The van der Waals surface area contributed by atoms with E-state index in [4.69, 9.17) is 0 Å². The Hall–Kier alpha value is -0.160. The number of nitrogens with zero attached hydrogens (tertiary/aromatic N) is 4. The minimum atomic E-state index is 0. The minimum absolute atomic E-state index is 0. The summed E-state index contributed by atoms with van der Waals surface area (Å²) in [5, 5.41) is 0. The molecule has 0 radical (unpaired) electrons. The fourth-order valence-corrected chi connectivity index (χ4v) is 2.47. The zero-order chi connectivity index (χ0) is 14.5. The molecule has 21 heavy (non-hydrogen) atoms. The molecule has 0 amide bonds. The standard InChI is InChI=1S/C8H19N2.C7H17N2.2CH4/c1-4-9-5-7-10(2,3)8-6-9;1-8-4-6-9(2,3)7-5-8;;/h4-8H2,1-3H3;4-7H2,1-3H3;2*1H4/q2*+1;;. The number of rotatable bonds is 1. The highest BCUT2D eigenvalue weighted by atomic mass is 15.4. The molecular formula is C17H44N4+2. The summed E-state index contributed by atoms with van der Waals surface area (Å²) in [6, 6.07) is 0. The molecule has 0 aliphatic carbocycles. The predicted molar refractivity (Wildman–Crippen MR) is 96.8 cm³/mol. The molecule has 2 saturated heterocycles. The number of likely N-dealkylation sites (N-methyl/N-ethyl adjacent to an activating group) is 4. The van der Waals surface area contributed by atoms with Crippen molar-refractivity contribution in [1.29, 1.82) is 0 Å². The molecule has 0 spiro atoms. The summed E-state index contributed by atoms with van der Waals surface area (Å²) in [7, 11) is 11.4. The highest BCUT2D eigenvalue weighted by Crippen LogP contribution is 2.05. The van der Waals surface area contributed by atoms with Gasteiger partial charge in [-0.05, 0) is 13.6 Å². The van der Waals surface area contributed by atoms with Crippen molar-refractivity contribution in [2.45, 2.75) is 21.8 Å². The van der Waals surface area contributed by atoms with Gasteiger partial charge in [0, 0.05) is 26.2 Å². The van der Waals surface area contributed by atoms with Crippen molar-refractivity contribution in [1.82, 2.24) is 9.80 Å². The monoisotopic (exact) mass is 304 g/mol. The van der Waals surface area contributed by atoms with Gasteiger partial charge < -0.3 is 8.97 Å². The van der Waals surface area contributed by atoms with E-state index in [2.05, 4.69) is 52.0 Å². The van der Waals surface area contributed by atoms with E-state index in [9.17, 15) is 0 Å². The van der Waals surface area contributed by atoms with Gasteiger partial charge >= 0.3 is 0 Å². The van der Waals surface area contributed by atoms with Crippen LogP contribution >= 0.6 is 0 Å². The third kappa shape index (κ3) is 9.46. The molecule has 2 aliphatic heterocycles. The van der Waals surface area contributed by atoms with Gasteiger partial charge in [0.05, 0.1) is 54.4 Å². The SMILES string of the molecule is C.C.CCN1CC[N+](C)(C)CC1.CN1CC[N+](C)(C)CC1. The van der Waals surface area contributed by atoms with E-state index < -0.39 is 0 Å². The van der Waals surface area contributed by atoms with Crippen molar-refractivity contribution < 1.29 is 8.97 Å². The van der Waals surface area contributed by atoms with E-state index in [-0.39, 0.29) is 14.9 Å². The molecule has 130 valence electrons. The third-order valence-electron chi connectivity index (χ3n) is 4.66.